The van der Waals surface area contributed by atoms with Crippen LogP contribution in [-0.2, 0) is 13.1 Å². The molecule has 0 radical (unpaired) electrons. The molecule has 2 amide bonds. The number of amides is 2. The molecule has 0 aliphatic carbocycles. The zero-order chi connectivity index (χ0) is 22.5. The van der Waals surface area contributed by atoms with Gasteiger partial charge < -0.3 is 19.4 Å². The van der Waals surface area contributed by atoms with Crippen LogP contribution in [0.2, 0.25) is 0 Å². The number of hydrogen-bond donors (Lipinski definition) is 1. The van der Waals surface area contributed by atoms with Gasteiger partial charge in [0.25, 0.3) is 0 Å². The molecule has 0 saturated heterocycles. The quantitative estimate of drug-likeness (QED) is 0.450. The van der Waals surface area contributed by atoms with Crippen molar-refractivity contribution in [2.75, 3.05) is 12.4 Å². The van der Waals surface area contributed by atoms with Crippen LogP contribution in [0.3, 0.4) is 0 Å². The van der Waals surface area contributed by atoms with E-state index >= 15 is 0 Å². The van der Waals surface area contributed by atoms with Gasteiger partial charge in [-0.2, -0.15) is 0 Å². The summed E-state index contributed by atoms with van der Waals surface area (Å²) in [5, 5.41) is 3.41. The van der Waals surface area contributed by atoms with Gasteiger partial charge in [0.05, 0.1) is 30.9 Å². The van der Waals surface area contributed by atoms with Gasteiger partial charge in [-0.25, -0.2) is 4.79 Å². The molecule has 0 aliphatic rings. The highest BCUT2D eigenvalue weighted by Crippen LogP contribution is 2.18. The number of anilines is 1. The van der Waals surface area contributed by atoms with Crippen LogP contribution in [0, 0.1) is 6.92 Å². The Morgan fingerprint density at radius 1 is 1.00 bits per heavy atom. The highest BCUT2D eigenvalue weighted by Gasteiger charge is 2.18. The fourth-order valence-corrected chi connectivity index (χ4v) is 3.48. The zero-order valence-corrected chi connectivity index (χ0v) is 18.0. The Morgan fingerprint density at radius 3 is 2.47 bits per heavy atom. The molecule has 4 aromatic rings. The summed E-state index contributed by atoms with van der Waals surface area (Å²) in [4.78, 5) is 27.8. The Kier molecular flexibility index (Phi) is 6.22. The predicted octanol–water partition coefficient (Wildman–Crippen LogP) is 5.34. The fraction of sp³-hybridized carbons (Fsp3) is 0.154. The molecular weight excluding hydrogens is 404 g/mol. The minimum atomic E-state index is -0.317. The highest BCUT2D eigenvalue weighted by atomic mass is 16.5. The summed E-state index contributed by atoms with van der Waals surface area (Å²) in [6, 6.07) is 21.9. The Balaban J connectivity index is 1.63. The molecule has 0 aliphatic heterocycles. The van der Waals surface area contributed by atoms with E-state index in [0.717, 1.165) is 11.1 Å². The molecular formula is C26H24N2O4. The maximum absolute atomic E-state index is 13.2. The summed E-state index contributed by atoms with van der Waals surface area (Å²) in [5.74, 6) is 0.702. The topological polar surface area (TPSA) is 71.8 Å². The van der Waals surface area contributed by atoms with Gasteiger partial charge in [0, 0.05) is 12.2 Å². The molecule has 1 N–H and O–H groups in total. The van der Waals surface area contributed by atoms with E-state index in [9.17, 15) is 9.59 Å². The number of benzene rings is 3. The van der Waals surface area contributed by atoms with Crippen LogP contribution in [-0.4, -0.2) is 18.0 Å². The fourth-order valence-electron chi connectivity index (χ4n) is 3.48. The minimum Gasteiger partial charge on any atom is -0.497 e. The van der Waals surface area contributed by atoms with Crippen LogP contribution < -0.4 is 15.5 Å². The number of rotatable bonds is 6. The first-order valence-electron chi connectivity index (χ1n) is 10.3. The first-order chi connectivity index (χ1) is 15.5. The molecule has 32 heavy (non-hydrogen) atoms. The van der Waals surface area contributed by atoms with Crippen LogP contribution in [0.1, 0.15) is 16.7 Å². The van der Waals surface area contributed by atoms with E-state index in [0.29, 0.717) is 34.5 Å². The first-order valence-corrected chi connectivity index (χ1v) is 10.3. The summed E-state index contributed by atoms with van der Waals surface area (Å²) in [6.07, 6.45) is 1.44. The van der Waals surface area contributed by atoms with Gasteiger partial charge in [-0.1, -0.05) is 42.0 Å². The summed E-state index contributed by atoms with van der Waals surface area (Å²) < 4.78 is 10.8. The van der Waals surface area contributed by atoms with E-state index in [1.807, 2.05) is 49.4 Å². The Bertz CT molecular complexity index is 1280. The second-order valence-corrected chi connectivity index (χ2v) is 7.59. The van der Waals surface area contributed by atoms with Gasteiger partial charge in [-0.05, 0) is 48.9 Å². The lowest BCUT2D eigenvalue weighted by atomic mass is 10.1. The van der Waals surface area contributed by atoms with Crippen LogP contribution in [0.5, 0.6) is 5.75 Å². The van der Waals surface area contributed by atoms with Crippen molar-refractivity contribution in [3.8, 4) is 5.75 Å². The first kappa shape index (κ1) is 21.2. The number of nitrogens with zero attached hydrogens (tertiary/aromatic N) is 1. The molecule has 1 heterocycles. The Hall–Kier alpha value is -4.06. The van der Waals surface area contributed by atoms with Crippen LogP contribution >= 0.6 is 0 Å². The molecule has 3 aromatic carbocycles. The van der Waals surface area contributed by atoms with Crippen molar-refractivity contribution in [1.29, 1.82) is 0 Å². The van der Waals surface area contributed by atoms with E-state index < -0.39 is 0 Å². The molecule has 162 valence electrons. The van der Waals surface area contributed by atoms with Gasteiger partial charge in [-0.15, -0.1) is 0 Å². The van der Waals surface area contributed by atoms with Gasteiger partial charge in [0.15, 0.2) is 5.43 Å². The third kappa shape index (κ3) is 4.81. The lowest BCUT2D eigenvalue weighted by molar-refractivity contribution is 0.206. The molecule has 0 saturated carbocycles. The van der Waals surface area contributed by atoms with E-state index in [-0.39, 0.29) is 18.0 Å². The van der Waals surface area contributed by atoms with E-state index in [1.54, 1.807) is 42.3 Å². The molecule has 0 atom stereocenters. The van der Waals surface area contributed by atoms with Crippen LogP contribution in [0.4, 0.5) is 10.5 Å². The number of ether oxygens (including phenoxy) is 1. The molecule has 1 aromatic heterocycles. The molecule has 6 nitrogen and oxygen atoms in total. The van der Waals surface area contributed by atoms with Crippen molar-refractivity contribution >= 4 is 22.7 Å². The van der Waals surface area contributed by atoms with E-state index in [4.69, 9.17) is 9.15 Å². The highest BCUT2D eigenvalue weighted by molar-refractivity contribution is 5.89. The number of methoxy groups -OCH3 is 1. The lowest BCUT2D eigenvalue weighted by Crippen LogP contribution is -2.35. The second-order valence-electron chi connectivity index (χ2n) is 7.59. The molecule has 6 heteroatoms. The molecule has 0 unspecified atom stereocenters. The largest absolute Gasteiger partial charge is 0.497 e. The van der Waals surface area contributed by atoms with Crippen molar-refractivity contribution in [1.82, 2.24) is 4.90 Å². The Labute approximate surface area is 186 Å². The van der Waals surface area contributed by atoms with Crippen LogP contribution in [0.15, 0.2) is 88.3 Å². The average Bonchev–Trinajstić information content (AvgIpc) is 2.82. The standard InChI is InChI=1S/C26H24N2O4/c1-18-8-13-24-23(14-18)25(29)20(17-32-24)16-28(15-19-6-4-3-5-7-19)26(30)27-21-9-11-22(31-2)12-10-21/h3-14,17H,15-16H2,1-2H3,(H,27,30). The van der Waals surface area contributed by atoms with Crippen molar-refractivity contribution in [3.05, 3.63) is 106 Å². The van der Waals surface area contributed by atoms with Gasteiger partial charge in [-0.3, -0.25) is 4.79 Å². The summed E-state index contributed by atoms with van der Waals surface area (Å²) in [5.41, 5.74) is 3.38. The molecule has 4 rings (SSSR count). The maximum Gasteiger partial charge on any atom is 0.322 e. The zero-order valence-electron chi connectivity index (χ0n) is 18.0. The lowest BCUT2D eigenvalue weighted by Gasteiger charge is -2.23. The number of aryl methyl sites for hydroxylation is 1. The molecule has 0 fully saturated rings. The normalized spacial score (nSPS) is 10.7. The SMILES string of the molecule is COc1ccc(NC(=O)N(Cc2ccccc2)Cc2coc3ccc(C)cc3c2=O)cc1. The van der Waals surface area contributed by atoms with Gasteiger partial charge in [0.2, 0.25) is 0 Å². The summed E-state index contributed by atoms with van der Waals surface area (Å²) in [7, 11) is 1.59. The van der Waals surface area contributed by atoms with Crippen molar-refractivity contribution < 1.29 is 13.9 Å². The Morgan fingerprint density at radius 2 is 1.75 bits per heavy atom. The van der Waals surface area contributed by atoms with Gasteiger partial charge in [0.1, 0.15) is 11.3 Å². The minimum absolute atomic E-state index is 0.114. The number of carbonyl (C=O) groups excluding carboxylic acids is 1. The smallest absolute Gasteiger partial charge is 0.322 e. The van der Waals surface area contributed by atoms with Crippen molar-refractivity contribution in [3.63, 3.8) is 0 Å². The van der Waals surface area contributed by atoms with Crippen molar-refractivity contribution in [2.24, 2.45) is 0 Å². The second kappa shape index (κ2) is 9.39. The van der Waals surface area contributed by atoms with Crippen LogP contribution in [0.25, 0.3) is 11.0 Å². The molecule has 0 bridgehead atoms. The van der Waals surface area contributed by atoms with Gasteiger partial charge >= 0.3 is 6.03 Å². The summed E-state index contributed by atoms with van der Waals surface area (Å²) >= 11 is 0. The number of nitrogens with one attached hydrogen (secondary N) is 1. The third-order valence-corrected chi connectivity index (χ3v) is 5.21. The number of urea groups is 1. The number of hydrogen-bond acceptors (Lipinski definition) is 4. The monoisotopic (exact) mass is 428 g/mol. The molecule has 0 spiro atoms. The summed E-state index contributed by atoms with van der Waals surface area (Å²) in [6.45, 7) is 2.38. The average molecular weight is 428 g/mol. The third-order valence-electron chi connectivity index (χ3n) is 5.21. The predicted molar refractivity (Wildman–Crippen MR) is 125 cm³/mol. The van der Waals surface area contributed by atoms with E-state index in [1.165, 1.54) is 6.26 Å². The van der Waals surface area contributed by atoms with E-state index in [2.05, 4.69) is 5.32 Å². The number of fused-ring (bicyclic) bond motifs is 1. The van der Waals surface area contributed by atoms with Crippen molar-refractivity contribution in [2.45, 2.75) is 20.0 Å². The number of carbonyl (C=O) groups is 1. The maximum atomic E-state index is 13.2.